The third-order valence-corrected chi connectivity index (χ3v) is 3.97. The zero-order chi connectivity index (χ0) is 16.3. The minimum atomic E-state index is -0.268. The predicted octanol–water partition coefficient (Wildman–Crippen LogP) is 3.54. The Morgan fingerprint density at radius 1 is 1.32 bits per heavy atom. The van der Waals surface area contributed by atoms with E-state index >= 15 is 0 Å². The van der Waals surface area contributed by atoms with Crippen LogP contribution in [0.2, 0.25) is 0 Å². The number of carbonyl (C=O) groups is 2. The van der Waals surface area contributed by atoms with Crippen LogP contribution in [0.1, 0.15) is 26.3 Å². The first kappa shape index (κ1) is 16.4. The Hall–Kier alpha value is -1.95. The lowest BCUT2D eigenvalue weighted by molar-refractivity contribution is -0.122. The molecule has 2 amide bonds. The maximum Gasteiger partial charge on any atom is 0.293 e. The molecule has 0 N–H and O–H groups in total. The molecular formula is C16H19NO4S. The van der Waals surface area contributed by atoms with Crippen LogP contribution < -0.4 is 9.47 Å². The van der Waals surface area contributed by atoms with Crippen molar-refractivity contribution in [3.8, 4) is 11.5 Å². The highest BCUT2D eigenvalue weighted by Gasteiger charge is 2.34. The molecule has 22 heavy (non-hydrogen) atoms. The minimum absolute atomic E-state index is 0.0332. The molecule has 6 heteroatoms. The van der Waals surface area contributed by atoms with Gasteiger partial charge in [-0.25, -0.2) is 0 Å². The number of carbonyl (C=O) groups excluding carboxylic acids is 2. The molecule has 1 saturated heterocycles. The fraction of sp³-hybridized carbons (Fsp3) is 0.375. The number of hydrogen-bond donors (Lipinski definition) is 0. The number of thioether (sulfide) groups is 1. The smallest absolute Gasteiger partial charge is 0.293 e. The maximum atomic E-state index is 12.2. The summed E-state index contributed by atoms with van der Waals surface area (Å²) >= 11 is 0.944. The minimum Gasteiger partial charge on any atom is -0.493 e. The van der Waals surface area contributed by atoms with E-state index in [1.54, 1.807) is 26.2 Å². The monoisotopic (exact) mass is 321 g/mol. The molecule has 5 nitrogen and oxygen atoms in total. The molecule has 0 unspecified atom stereocenters. The van der Waals surface area contributed by atoms with Gasteiger partial charge in [-0.05, 0) is 44.7 Å². The summed E-state index contributed by atoms with van der Waals surface area (Å²) in [7, 11) is 1.57. The number of imide groups is 1. The van der Waals surface area contributed by atoms with Crippen molar-refractivity contribution in [2.24, 2.45) is 0 Å². The summed E-state index contributed by atoms with van der Waals surface area (Å²) in [5.41, 5.74) is 0.717. The Kier molecular flexibility index (Phi) is 5.13. The van der Waals surface area contributed by atoms with E-state index in [9.17, 15) is 9.59 Å². The van der Waals surface area contributed by atoms with Gasteiger partial charge in [-0.2, -0.15) is 0 Å². The SMILES string of the molecule is CCN1C(=O)SC(=Cc2cccc(OC)c2OC(C)C)C1=O. The second kappa shape index (κ2) is 6.87. The summed E-state index contributed by atoms with van der Waals surface area (Å²) < 4.78 is 11.1. The van der Waals surface area contributed by atoms with Gasteiger partial charge in [-0.15, -0.1) is 0 Å². The number of rotatable bonds is 5. The van der Waals surface area contributed by atoms with Crippen LogP contribution in [-0.2, 0) is 4.79 Å². The van der Waals surface area contributed by atoms with Crippen molar-refractivity contribution in [2.75, 3.05) is 13.7 Å². The van der Waals surface area contributed by atoms with E-state index in [-0.39, 0.29) is 17.3 Å². The lowest BCUT2D eigenvalue weighted by Crippen LogP contribution is -2.27. The standard InChI is InChI=1S/C16H19NO4S/c1-5-17-15(18)13(22-16(17)19)9-11-7-6-8-12(20-4)14(11)21-10(2)3/h6-10H,5H2,1-4H3. The molecule has 1 aromatic rings. The van der Waals surface area contributed by atoms with Gasteiger partial charge < -0.3 is 9.47 Å². The number of benzene rings is 1. The summed E-state index contributed by atoms with van der Waals surface area (Å²) in [5, 5.41) is -0.243. The van der Waals surface area contributed by atoms with Crippen molar-refractivity contribution in [1.29, 1.82) is 0 Å². The van der Waals surface area contributed by atoms with Crippen molar-refractivity contribution in [1.82, 2.24) is 4.90 Å². The molecule has 0 aliphatic carbocycles. The second-order valence-electron chi connectivity index (χ2n) is 4.97. The number of amides is 2. The van der Waals surface area contributed by atoms with E-state index < -0.39 is 0 Å². The Bertz CT molecular complexity index is 625. The highest BCUT2D eigenvalue weighted by molar-refractivity contribution is 8.18. The van der Waals surface area contributed by atoms with Gasteiger partial charge in [-0.1, -0.05) is 12.1 Å². The summed E-state index contributed by atoms with van der Waals surface area (Å²) in [6, 6.07) is 5.45. The molecule has 0 spiro atoms. The van der Waals surface area contributed by atoms with Crippen molar-refractivity contribution in [3.05, 3.63) is 28.7 Å². The van der Waals surface area contributed by atoms with Gasteiger partial charge >= 0.3 is 0 Å². The highest BCUT2D eigenvalue weighted by atomic mass is 32.2. The van der Waals surface area contributed by atoms with E-state index in [4.69, 9.17) is 9.47 Å². The molecule has 1 aromatic carbocycles. The molecule has 0 saturated carbocycles. The number of ether oxygens (including phenoxy) is 2. The maximum absolute atomic E-state index is 12.2. The summed E-state index contributed by atoms with van der Waals surface area (Å²) in [6.07, 6.45) is 1.65. The fourth-order valence-corrected chi connectivity index (χ4v) is 2.98. The Balaban J connectivity index is 2.43. The summed E-state index contributed by atoms with van der Waals surface area (Å²) in [6.45, 7) is 5.98. The first-order valence-electron chi connectivity index (χ1n) is 7.07. The van der Waals surface area contributed by atoms with E-state index in [0.717, 1.165) is 17.3 Å². The molecule has 118 valence electrons. The molecule has 0 radical (unpaired) electrons. The molecule has 0 aromatic heterocycles. The Morgan fingerprint density at radius 3 is 2.59 bits per heavy atom. The molecule has 0 atom stereocenters. The summed E-state index contributed by atoms with van der Waals surface area (Å²) in [5.74, 6) is 0.899. The molecule has 1 fully saturated rings. The highest BCUT2D eigenvalue weighted by Crippen LogP contribution is 2.37. The van der Waals surface area contributed by atoms with Crippen molar-refractivity contribution < 1.29 is 19.1 Å². The van der Waals surface area contributed by atoms with Crippen LogP contribution >= 0.6 is 11.8 Å². The number of methoxy groups -OCH3 is 1. The molecular weight excluding hydrogens is 302 g/mol. The van der Waals surface area contributed by atoms with Gasteiger partial charge in [0.15, 0.2) is 11.5 Å². The van der Waals surface area contributed by atoms with Crippen molar-refractivity contribution in [2.45, 2.75) is 26.9 Å². The average Bonchev–Trinajstić information content (AvgIpc) is 2.74. The van der Waals surface area contributed by atoms with E-state index in [2.05, 4.69) is 0 Å². The topological polar surface area (TPSA) is 55.8 Å². The zero-order valence-electron chi connectivity index (χ0n) is 13.1. The Labute approximate surface area is 134 Å². The first-order valence-corrected chi connectivity index (χ1v) is 7.88. The quantitative estimate of drug-likeness (QED) is 0.776. The van der Waals surface area contributed by atoms with Crippen LogP contribution in [0.3, 0.4) is 0 Å². The van der Waals surface area contributed by atoms with Gasteiger partial charge in [0.05, 0.1) is 18.1 Å². The second-order valence-corrected chi connectivity index (χ2v) is 5.96. The van der Waals surface area contributed by atoms with Gasteiger partial charge in [0.2, 0.25) is 0 Å². The number of hydrogen-bond acceptors (Lipinski definition) is 5. The van der Waals surface area contributed by atoms with Crippen LogP contribution in [0.15, 0.2) is 23.1 Å². The Morgan fingerprint density at radius 2 is 2.05 bits per heavy atom. The molecule has 2 rings (SSSR count). The number of nitrogens with zero attached hydrogens (tertiary/aromatic N) is 1. The first-order chi connectivity index (χ1) is 10.5. The van der Waals surface area contributed by atoms with Gasteiger partial charge in [0, 0.05) is 12.1 Å². The van der Waals surface area contributed by atoms with Crippen molar-refractivity contribution in [3.63, 3.8) is 0 Å². The van der Waals surface area contributed by atoms with Crippen molar-refractivity contribution >= 4 is 29.0 Å². The third kappa shape index (κ3) is 3.27. The lowest BCUT2D eigenvalue weighted by atomic mass is 10.1. The molecule has 1 aliphatic rings. The van der Waals surface area contributed by atoms with Crippen LogP contribution in [0.25, 0.3) is 6.08 Å². The lowest BCUT2D eigenvalue weighted by Gasteiger charge is -2.16. The molecule has 1 heterocycles. The third-order valence-electron chi connectivity index (χ3n) is 3.06. The zero-order valence-corrected chi connectivity index (χ0v) is 13.9. The van der Waals surface area contributed by atoms with Gasteiger partial charge in [-0.3, -0.25) is 14.5 Å². The van der Waals surface area contributed by atoms with Gasteiger partial charge in [0.1, 0.15) is 0 Å². The van der Waals surface area contributed by atoms with E-state index in [1.807, 2.05) is 26.0 Å². The van der Waals surface area contributed by atoms with Gasteiger partial charge in [0.25, 0.3) is 11.1 Å². The largest absolute Gasteiger partial charge is 0.493 e. The number of para-hydroxylation sites is 1. The summed E-state index contributed by atoms with van der Waals surface area (Å²) in [4.78, 5) is 25.6. The van der Waals surface area contributed by atoms with E-state index in [1.165, 1.54) is 4.90 Å². The number of likely N-dealkylation sites (N-methyl/N-ethyl adjacent to an activating group) is 1. The predicted molar refractivity (Wildman–Crippen MR) is 87.1 cm³/mol. The van der Waals surface area contributed by atoms with Crippen LogP contribution in [0.4, 0.5) is 4.79 Å². The normalized spacial score (nSPS) is 16.8. The van der Waals surface area contributed by atoms with Crippen LogP contribution in [0.5, 0.6) is 11.5 Å². The average molecular weight is 321 g/mol. The van der Waals surface area contributed by atoms with Crippen LogP contribution in [0, 0.1) is 0 Å². The fourth-order valence-electron chi connectivity index (χ4n) is 2.08. The molecule has 0 bridgehead atoms. The molecule has 1 aliphatic heterocycles. The van der Waals surface area contributed by atoms with E-state index in [0.29, 0.717) is 22.9 Å². The van der Waals surface area contributed by atoms with Crippen LogP contribution in [-0.4, -0.2) is 35.8 Å².